The Balaban J connectivity index is 2.06. The first-order valence-electron chi connectivity index (χ1n) is 4.86. The van der Waals surface area contributed by atoms with Crippen molar-refractivity contribution in [2.75, 3.05) is 7.11 Å². The van der Waals surface area contributed by atoms with Gasteiger partial charge >= 0.3 is 5.97 Å². The van der Waals surface area contributed by atoms with Gasteiger partial charge in [0.15, 0.2) is 0 Å². The SMILES string of the molecule is COC(=O)C1CCCCC12CC2. The molecule has 0 saturated heterocycles. The Bertz CT molecular complexity index is 194. The predicted molar refractivity (Wildman–Crippen MR) is 45.6 cm³/mol. The van der Waals surface area contributed by atoms with Crippen LogP contribution in [0.3, 0.4) is 0 Å². The van der Waals surface area contributed by atoms with Crippen molar-refractivity contribution in [1.82, 2.24) is 0 Å². The molecule has 2 aliphatic carbocycles. The summed E-state index contributed by atoms with van der Waals surface area (Å²) in [5.41, 5.74) is 0.394. The second kappa shape index (κ2) is 2.75. The molecule has 0 N–H and O–H groups in total. The van der Waals surface area contributed by atoms with Crippen molar-refractivity contribution in [3.05, 3.63) is 0 Å². The molecule has 0 aromatic rings. The molecule has 1 atom stereocenters. The third-order valence-corrected chi connectivity index (χ3v) is 3.53. The molecule has 2 saturated carbocycles. The number of esters is 1. The summed E-state index contributed by atoms with van der Waals surface area (Å²) in [6, 6.07) is 0. The average Bonchev–Trinajstić information content (AvgIpc) is 2.85. The molecule has 0 aromatic heterocycles. The molecule has 0 aromatic carbocycles. The number of rotatable bonds is 1. The van der Waals surface area contributed by atoms with Crippen LogP contribution in [0.4, 0.5) is 0 Å². The fourth-order valence-corrected chi connectivity index (χ4v) is 2.58. The van der Waals surface area contributed by atoms with E-state index in [-0.39, 0.29) is 11.9 Å². The van der Waals surface area contributed by atoms with E-state index in [2.05, 4.69) is 0 Å². The monoisotopic (exact) mass is 168 g/mol. The van der Waals surface area contributed by atoms with Crippen LogP contribution in [0.5, 0.6) is 0 Å². The molecule has 68 valence electrons. The molecule has 2 rings (SSSR count). The van der Waals surface area contributed by atoms with Crippen molar-refractivity contribution < 1.29 is 9.53 Å². The molecule has 0 aliphatic heterocycles. The van der Waals surface area contributed by atoms with E-state index >= 15 is 0 Å². The van der Waals surface area contributed by atoms with Gasteiger partial charge < -0.3 is 4.74 Å². The first kappa shape index (κ1) is 8.09. The maximum absolute atomic E-state index is 11.4. The van der Waals surface area contributed by atoms with E-state index in [1.807, 2.05) is 0 Å². The first-order chi connectivity index (χ1) is 5.78. The van der Waals surface area contributed by atoms with Gasteiger partial charge in [-0.3, -0.25) is 4.79 Å². The lowest BCUT2D eigenvalue weighted by atomic mass is 9.76. The smallest absolute Gasteiger partial charge is 0.309 e. The van der Waals surface area contributed by atoms with Crippen molar-refractivity contribution in [3.63, 3.8) is 0 Å². The summed E-state index contributed by atoms with van der Waals surface area (Å²) in [5.74, 6) is 0.267. The Kier molecular flexibility index (Phi) is 1.85. The summed E-state index contributed by atoms with van der Waals surface area (Å²) in [4.78, 5) is 11.4. The van der Waals surface area contributed by atoms with Crippen molar-refractivity contribution in [3.8, 4) is 0 Å². The fraction of sp³-hybridized carbons (Fsp3) is 0.900. The highest BCUT2D eigenvalue weighted by Gasteiger charge is 2.53. The zero-order valence-electron chi connectivity index (χ0n) is 7.64. The third-order valence-electron chi connectivity index (χ3n) is 3.53. The van der Waals surface area contributed by atoms with Crippen LogP contribution in [0.25, 0.3) is 0 Å². The largest absolute Gasteiger partial charge is 0.469 e. The molecule has 12 heavy (non-hydrogen) atoms. The number of hydrogen-bond acceptors (Lipinski definition) is 2. The topological polar surface area (TPSA) is 26.3 Å². The maximum Gasteiger partial charge on any atom is 0.309 e. The highest BCUT2D eigenvalue weighted by atomic mass is 16.5. The molecule has 0 heterocycles. The zero-order valence-corrected chi connectivity index (χ0v) is 7.64. The van der Waals surface area contributed by atoms with Gasteiger partial charge in [0.2, 0.25) is 0 Å². The van der Waals surface area contributed by atoms with E-state index in [1.54, 1.807) is 0 Å². The quantitative estimate of drug-likeness (QED) is 0.561. The van der Waals surface area contributed by atoms with Gasteiger partial charge in [0, 0.05) is 0 Å². The normalized spacial score (nSPS) is 31.6. The van der Waals surface area contributed by atoms with Gasteiger partial charge in [-0.15, -0.1) is 0 Å². The molecular weight excluding hydrogens is 152 g/mol. The van der Waals surface area contributed by atoms with Crippen LogP contribution >= 0.6 is 0 Å². The fourth-order valence-electron chi connectivity index (χ4n) is 2.58. The minimum atomic E-state index is 0.0344. The van der Waals surface area contributed by atoms with Crippen LogP contribution in [0.15, 0.2) is 0 Å². The Morgan fingerprint density at radius 1 is 1.33 bits per heavy atom. The number of carbonyl (C=O) groups is 1. The minimum absolute atomic E-state index is 0.0344. The molecule has 2 heteroatoms. The summed E-state index contributed by atoms with van der Waals surface area (Å²) in [7, 11) is 1.51. The van der Waals surface area contributed by atoms with E-state index in [9.17, 15) is 4.79 Å². The van der Waals surface area contributed by atoms with Crippen LogP contribution < -0.4 is 0 Å². The Hall–Kier alpha value is -0.530. The van der Waals surface area contributed by atoms with Gasteiger partial charge in [-0.2, -0.15) is 0 Å². The summed E-state index contributed by atoms with van der Waals surface area (Å²) >= 11 is 0. The molecule has 0 radical (unpaired) electrons. The van der Waals surface area contributed by atoms with Crippen LogP contribution in [0.2, 0.25) is 0 Å². The molecule has 0 bridgehead atoms. The van der Waals surface area contributed by atoms with E-state index < -0.39 is 0 Å². The Morgan fingerprint density at radius 2 is 2.08 bits per heavy atom. The number of carbonyl (C=O) groups excluding carboxylic acids is 1. The second-order valence-corrected chi connectivity index (χ2v) is 4.18. The van der Waals surface area contributed by atoms with Gasteiger partial charge in [-0.1, -0.05) is 12.8 Å². The highest BCUT2D eigenvalue weighted by molar-refractivity contribution is 5.74. The van der Waals surface area contributed by atoms with Crippen LogP contribution in [0.1, 0.15) is 38.5 Å². The molecule has 1 spiro atoms. The summed E-state index contributed by atoms with van der Waals surface area (Å²) < 4.78 is 4.83. The van der Waals surface area contributed by atoms with Crippen LogP contribution in [-0.2, 0) is 9.53 Å². The number of hydrogen-bond donors (Lipinski definition) is 0. The lowest BCUT2D eigenvalue weighted by Gasteiger charge is -2.29. The lowest BCUT2D eigenvalue weighted by molar-refractivity contribution is -0.149. The van der Waals surface area contributed by atoms with Crippen molar-refractivity contribution in [2.24, 2.45) is 11.3 Å². The molecule has 1 unspecified atom stereocenters. The van der Waals surface area contributed by atoms with Crippen molar-refractivity contribution in [2.45, 2.75) is 38.5 Å². The Labute approximate surface area is 73.3 Å². The summed E-state index contributed by atoms with van der Waals surface area (Å²) in [6.45, 7) is 0. The number of methoxy groups -OCH3 is 1. The van der Waals surface area contributed by atoms with Crippen LogP contribution in [0, 0.1) is 11.3 Å². The molecule has 0 amide bonds. The van der Waals surface area contributed by atoms with Crippen molar-refractivity contribution >= 4 is 5.97 Å². The van der Waals surface area contributed by atoms with E-state index in [4.69, 9.17) is 4.74 Å². The van der Waals surface area contributed by atoms with Gasteiger partial charge in [0.05, 0.1) is 13.0 Å². The Morgan fingerprint density at radius 3 is 2.67 bits per heavy atom. The lowest BCUT2D eigenvalue weighted by Crippen LogP contribution is -2.29. The van der Waals surface area contributed by atoms with E-state index in [0.29, 0.717) is 5.41 Å². The zero-order chi connectivity index (χ0) is 8.60. The van der Waals surface area contributed by atoms with Gasteiger partial charge in [0.25, 0.3) is 0 Å². The first-order valence-corrected chi connectivity index (χ1v) is 4.86. The van der Waals surface area contributed by atoms with Gasteiger partial charge in [-0.05, 0) is 31.1 Å². The molecule has 2 nitrogen and oxygen atoms in total. The number of ether oxygens (including phenoxy) is 1. The molecule has 2 fully saturated rings. The summed E-state index contributed by atoms with van der Waals surface area (Å²) in [6.07, 6.45) is 7.36. The van der Waals surface area contributed by atoms with E-state index in [0.717, 1.165) is 6.42 Å². The van der Waals surface area contributed by atoms with Gasteiger partial charge in [-0.25, -0.2) is 0 Å². The third kappa shape index (κ3) is 1.13. The molecular formula is C10H16O2. The average molecular weight is 168 g/mol. The second-order valence-electron chi connectivity index (χ2n) is 4.18. The predicted octanol–water partition coefficient (Wildman–Crippen LogP) is 2.13. The maximum atomic E-state index is 11.4. The standard InChI is InChI=1S/C10H16O2/c1-12-9(11)8-4-2-3-5-10(8)6-7-10/h8H,2-7H2,1H3. The minimum Gasteiger partial charge on any atom is -0.469 e. The van der Waals surface area contributed by atoms with E-state index in [1.165, 1.54) is 39.2 Å². The van der Waals surface area contributed by atoms with Gasteiger partial charge in [0.1, 0.15) is 0 Å². The summed E-state index contributed by atoms with van der Waals surface area (Å²) in [5, 5.41) is 0. The van der Waals surface area contributed by atoms with Crippen LogP contribution in [-0.4, -0.2) is 13.1 Å². The highest BCUT2D eigenvalue weighted by Crippen LogP contribution is 2.59. The molecule has 2 aliphatic rings. The van der Waals surface area contributed by atoms with Crippen molar-refractivity contribution in [1.29, 1.82) is 0 Å².